The van der Waals surface area contributed by atoms with Gasteiger partial charge in [0, 0.05) is 11.9 Å². The molecule has 0 bridgehead atoms. The van der Waals surface area contributed by atoms with Crippen LogP contribution in [0, 0.1) is 6.92 Å². The Morgan fingerprint density at radius 1 is 1.13 bits per heavy atom. The molecular formula is C12H13N3. The van der Waals surface area contributed by atoms with Crippen molar-refractivity contribution in [3.8, 4) is 0 Å². The largest absolute Gasteiger partial charge is 0.364 e. The third-order valence-corrected chi connectivity index (χ3v) is 2.06. The molecule has 3 heteroatoms. The Labute approximate surface area is 89.2 Å². The van der Waals surface area contributed by atoms with Gasteiger partial charge in [0.15, 0.2) is 0 Å². The highest BCUT2D eigenvalue weighted by Crippen LogP contribution is 2.03. The van der Waals surface area contributed by atoms with Crippen molar-refractivity contribution in [2.45, 2.75) is 13.5 Å². The molecule has 15 heavy (non-hydrogen) atoms. The summed E-state index contributed by atoms with van der Waals surface area (Å²) < 4.78 is 0. The van der Waals surface area contributed by atoms with Crippen LogP contribution in [0.4, 0.5) is 5.82 Å². The molecule has 0 aliphatic rings. The summed E-state index contributed by atoms with van der Waals surface area (Å²) in [6, 6.07) is 11.8. The van der Waals surface area contributed by atoms with E-state index in [2.05, 4.69) is 15.3 Å². The van der Waals surface area contributed by atoms with Crippen LogP contribution >= 0.6 is 0 Å². The van der Waals surface area contributed by atoms with E-state index in [4.69, 9.17) is 0 Å². The summed E-state index contributed by atoms with van der Waals surface area (Å²) in [5.74, 6) is 0.876. The Morgan fingerprint density at radius 2 is 2.07 bits per heavy atom. The number of aromatic nitrogens is 2. The minimum atomic E-state index is 0.707. The quantitative estimate of drug-likeness (QED) is 0.824. The Balaban J connectivity index is 1.99. The monoisotopic (exact) mass is 199 g/mol. The molecule has 3 nitrogen and oxygen atoms in total. The second kappa shape index (κ2) is 4.55. The number of aryl methyl sites for hydroxylation is 1. The lowest BCUT2D eigenvalue weighted by Gasteiger charge is -2.04. The Bertz CT molecular complexity index is 426. The van der Waals surface area contributed by atoms with Gasteiger partial charge in [-0.25, -0.2) is 4.98 Å². The van der Waals surface area contributed by atoms with Crippen LogP contribution in [0.15, 0.2) is 42.6 Å². The van der Waals surface area contributed by atoms with Crippen molar-refractivity contribution in [1.29, 1.82) is 0 Å². The molecule has 1 N–H and O–H groups in total. The van der Waals surface area contributed by atoms with Gasteiger partial charge < -0.3 is 5.32 Å². The lowest BCUT2D eigenvalue weighted by Crippen LogP contribution is -2.03. The molecule has 0 atom stereocenters. The van der Waals surface area contributed by atoms with Crippen LogP contribution in [-0.2, 0) is 6.54 Å². The maximum atomic E-state index is 4.40. The Hall–Kier alpha value is -1.90. The molecule has 0 saturated carbocycles. The third kappa shape index (κ3) is 2.77. The van der Waals surface area contributed by atoms with Crippen molar-refractivity contribution in [3.05, 3.63) is 54.0 Å². The molecule has 0 saturated heterocycles. The van der Waals surface area contributed by atoms with E-state index in [0.717, 1.165) is 17.2 Å². The minimum absolute atomic E-state index is 0.707. The van der Waals surface area contributed by atoms with Crippen LogP contribution in [0.25, 0.3) is 0 Å². The lowest BCUT2D eigenvalue weighted by molar-refractivity contribution is 1.00. The van der Waals surface area contributed by atoms with Crippen LogP contribution in [0.2, 0.25) is 0 Å². The highest BCUT2D eigenvalue weighted by molar-refractivity contribution is 5.33. The van der Waals surface area contributed by atoms with Crippen LogP contribution in [0.3, 0.4) is 0 Å². The van der Waals surface area contributed by atoms with Crippen molar-refractivity contribution < 1.29 is 0 Å². The van der Waals surface area contributed by atoms with Crippen LogP contribution in [-0.4, -0.2) is 9.97 Å². The summed E-state index contributed by atoms with van der Waals surface area (Å²) in [5.41, 5.74) is 2.07. The van der Waals surface area contributed by atoms with E-state index < -0.39 is 0 Å². The Morgan fingerprint density at radius 3 is 2.80 bits per heavy atom. The fourth-order valence-electron chi connectivity index (χ4n) is 1.35. The summed E-state index contributed by atoms with van der Waals surface area (Å²) in [6.07, 6.45) is 1.77. The minimum Gasteiger partial charge on any atom is -0.364 e. The van der Waals surface area contributed by atoms with E-state index in [1.165, 1.54) is 0 Å². The van der Waals surface area contributed by atoms with Gasteiger partial charge in [-0.2, -0.15) is 0 Å². The fraction of sp³-hybridized carbons (Fsp3) is 0.167. The molecule has 2 aromatic rings. The number of hydrogen-bond acceptors (Lipinski definition) is 3. The van der Waals surface area contributed by atoms with Crippen LogP contribution < -0.4 is 5.32 Å². The van der Waals surface area contributed by atoms with Crippen LogP contribution in [0.5, 0.6) is 0 Å². The predicted octanol–water partition coefficient (Wildman–Crippen LogP) is 2.40. The van der Waals surface area contributed by atoms with Crippen molar-refractivity contribution in [3.63, 3.8) is 0 Å². The van der Waals surface area contributed by atoms with Gasteiger partial charge in [0.25, 0.3) is 0 Å². The number of anilines is 1. The smallest absolute Gasteiger partial charge is 0.126 e. The number of rotatable bonds is 3. The average Bonchev–Trinajstić information content (AvgIpc) is 2.28. The highest BCUT2D eigenvalue weighted by atomic mass is 15.0. The van der Waals surface area contributed by atoms with Crippen LogP contribution in [0.1, 0.15) is 11.4 Å². The first-order valence-electron chi connectivity index (χ1n) is 4.92. The zero-order valence-electron chi connectivity index (χ0n) is 8.64. The van der Waals surface area contributed by atoms with Crippen molar-refractivity contribution >= 4 is 5.82 Å². The highest BCUT2D eigenvalue weighted by Gasteiger charge is 1.95. The summed E-state index contributed by atoms with van der Waals surface area (Å²) in [4.78, 5) is 8.58. The second-order valence-corrected chi connectivity index (χ2v) is 3.34. The first-order chi connectivity index (χ1) is 7.34. The molecule has 0 spiro atoms. The van der Waals surface area contributed by atoms with Gasteiger partial charge >= 0.3 is 0 Å². The fourth-order valence-corrected chi connectivity index (χ4v) is 1.35. The normalized spacial score (nSPS) is 9.93. The number of nitrogens with zero attached hydrogens (tertiary/aromatic N) is 2. The van der Waals surface area contributed by atoms with Crippen molar-refractivity contribution in [2.75, 3.05) is 5.32 Å². The zero-order valence-corrected chi connectivity index (χ0v) is 8.64. The molecule has 0 radical (unpaired) electrons. The van der Waals surface area contributed by atoms with Gasteiger partial charge in [0.1, 0.15) is 5.82 Å². The standard InChI is InChI=1S/C12H13N3/c1-10-5-4-6-11(15-10)9-14-12-7-2-3-8-13-12/h2-8H,9H2,1H3,(H,13,14). The van der Waals surface area contributed by atoms with Gasteiger partial charge in [-0.05, 0) is 31.2 Å². The summed E-state index contributed by atoms with van der Waals surface area (Å²) >= 11 is 0. The van der Waals surface area contributed by atoms with E-state index in [0.29, 0.717) is 6.54 Å². The SMILES string of the molecule is Cc1cccc(CNc2ccccn2)n1. The second-order valence-electron chi connectivity index (χ2n) is 3.34. The van der Waals surface area contributed by atoms with E-state index in [1.807, 2.05) is 43.3 Å². The number of pyridine rings is 2. The lowest BCUT2D eigenvalue weighted by atomic mass is 10.3. The van der Waals surface area contributed by atoms with Crippen molar-refractivity contribution in [2.24, 2.45) is 0 Å². The van der Waals surface area contributed by atoms with Gasteiger partial charge in [-0.3, -0.25) is 4.98 Å². The maximum absolute atomic E-state index is 4.40. The average molecular weight is 199 g/mol. The van der Waals surface area contributed by atoms with Gasteiger partial charge in [0.05, 0.1) is 12.2 Å². The summed E-state index contributed by atoms with van der Waals surface area (Å²) in [5, 5.41) is 3.21. The summed E-state index contributed by atoms with van der Waals surface area (Å²) in [6.45, 7) is 2.70. The molecular weight excluding hydrogens is 186 g/mol. The molecule has 2 aromatic heterocycles. The van der Waals surface area contributed by atoms with E-state index in [1.54, 1.807) is 6.20 Å². The molecule has 0 aliphatic carbocycles. The number of nitrogens with one attached hydrogen (secondary N) is 1. The maximum Gasteiger partial charge on any atom is 0.126 e. The third-order valence-electron chi connectivity index (χ3n) is 2.06. The first kappa shape index (κ1) is 9.65. The molecule has 2 rings (SSSR count). The molecule has 76 valence electrons. The van der Waals surface area contributed by atoms with Gasteiger partial charge in [-0.15, -0.1) is 0 Å². The Kier molecular flexibility index (Phi) is 2.93. The van der Waals surface area contributed by atoms with Crippen molar-refractivity contribution in [1.82, 2.24) is 9.97 Å². The van der Waals surface area contributed by atoms with E-state index >= 15 is 0 Å². The molecule has 0 amide bonds. The molecule has 0 aromatic carbocycles. The molecule has 0 unspecified atom stereocenters. The first-order valence-corrected chi connectivity index (χ1v) is 4.92. The number of hydrogen-bond donors (Lipinski definition) is 1. The topological polar surface area (TPSA) is 37.8 Å². The zero-order chi connectivity index (χ0) is 10.5. The van der Waals surface area contributed by atoms with Gasteiger partial charge in [0.2, 0.25) is 0 Å². The molecule has 0 fully saturated rings. The van der Waals surface area contributed by atoms with E-state index in [-0.39, 0.29) is 0 Å². The summed E-state index contributed by atoms with van der Waals surface area (Å²) in [7, 11) is 0. The van der Waals surface area contributed by atoms with E-state index in [9.17, 15) is 0 Å². The van der Waals surface area contributed by atoms with Gasteiger partial charge in [-0.1, -0.05) is 12.1 Å². The molecule has 0 aliphatic heterocycles. The molecule has 2 heterocycles. The predicted molar refractivity (Wildman–Crippen MR) is 60.5 cm³/mol.